The highest BCUT2D eigenvalue weighted by Crippen LogP contribution is 2.41. The Morgan fingerprint density at radius 1 is 1.89 bits per heavy atom. The minimum atomic E-state index is -0.762. The van der Waals surface area contributed by atoms with Crippen LogP contribution in [-0.4, -0.2) is 11.4 Å². The monoisotopic (exact) mass is 126 g/mol. The second-order valence-corrected chi connectivity index (χ2v) is 2.45. The molecule has 0 saturated heterocycles. The molecule has 1 aliphatic rings. The van der Waals surface area contributed by atoms with E-state index in [1.165, 1.54) is 0 Å². The average molecular weight is 126 g/mol. The molecule has 3 nitrogen and oxygen atoms in total. The molecule has 1 fully saturated rings. The third-order valence-corrected chi connectivity index (χ3v) is 1.80. The van der Waals surface area contributed by atoms with Gasteiger partial charge in [0.25, 0.3) is 0 Å². The lowest BCUT2D eigenvalue weighted by atomic mass is 10.2. The summed E-state index contributed by atoms with van der Waals surface area (Å²) < 4.78 is 0. The first-order valence-electron chi connectivity index (χ1n) is 2.82. The molecule has 0 aliphatic heterocycles. The Hall–Kier alpha value is -0.830. The highest BCUT2D eigenvalue weighted by Gasteiger charge is 2.54. The zero-order valence-electron chi connectivity index (χ0n) is 5.13. The number of nitrogens with two attached hydrogens (primary N) is 2. The molecule has 1 aliphatic carbocycles. The van der Waals surface area contributed by atoms with Gasteiger partial charge in [0.05, 0.1) is 0 Å². The fourth-order valence-corrected chi connectivity index (χ4v) is 0.882. The maximum atomic E-state index is 10.5. The number of carbonyl (C=O) groups excluding carboxylic acids is 1. The van der Waals surface area contributed by atoms with Crippen LogP contribution in [0.1, 0.15) is 6.42 Å². The van der Waals surface area contributed by atoms with Gasteiger partial charge in [0, 0.05) is 5.92 Å². The van der Waals surface area contributed by atoms with Crippen molar-refractivity contribution in [1.82, 2.24) is 0 Å². The fraction of sp³-hybridized carbons (Fsp3) is 0.500. The van der Waals surface area contributed by atoms with Crippen molar-refractivity contribution in [2.75, 3.05) is 0 Å². The largest absolute Gasteiger partial charge is 0.368 e. The number of amides is 1. The van der Waals surface area contributed by atoms with E-state index in [4.69, 9.17) is 11.5 Å². The van der Waals surface area contributed by atoms with Crippen LogP contribution < -0.4 is 11.5 Å². The molecule has 1 amide bonds. The molecule has 0 radical (unpaired) electrons. The lowest BCUT2D eigenvalue weighted by Gasteiger charge is -2.01. The Morgan fingerprint density at radius 2 is 2.44 bits per heavy atom. The summed E-state index contributed by atoms with van der Waals surface area (Å²) in [6, 6.07) is 0. The molecule has 1 rings (SSSR count). The molecule has 4 N–H and O–H groups in total. The van der Waals surface area contributed by atoms with Crippen LogP contribution in [0.4, 0.5) is 0 Å². The maximum Gasteiger partial charge on any atom is 0.238 e. The van der Waals surface area contributed by atoms with Crippen LogP contribution in [0.25, 0.3) is 0 Å². The quantitative estimate of drug-likeness (QED) is 0.484. The van der Waals surface area contributed by atoms with Crippen molar-refractivity contribution in [1.29, 1.82) is 0 Å². The topological polar surface area (TPSA) is 69.1 Å². The Kier molecular flexibility index (Phi) is 1.10. The van der Waals surface area contributed by atoms with Crippen molar-refractivity contribution in [2.45, 2.75) is 12.0 Å². The van der Waals surface area contributed by atoms with E-state index < -0.39 is 11.4 Å². The van der Waals surface area contributed by atoms with Crippen molar-refractivity contribution in [3.05, 3.63) is 12.7 Å². The highest BCUT2D eigenvalue weighted by molar-refractivity contribution is 5.88. The van der Waals surface area contributed by atoms with Gasteiger partial charge in [-0.05, 0) is 6.42 Å². The lowest BCUT2D eigenvalue weighted by Crippen LogP contribution is -2.40. The molecule has 3 heteroatoms. The summed E-state index contributed by atoms with van der Waals surface area (Å²) in [6.45, 7) is 3.51. The van der Waals surface area contributed by atoms with E-state index in [0.717, 1.165) is 0 Å². The molecule has 50 valence electrons. The Balaban J connectivity index is 2.62. The van der Waals surface area contributed by atoms with Crippen molar-refractivity contribution in [3.8, 4) is 0 Å². The predicted molar refractivity (Wildman–Crippen MR) is 34.4 cm³/mol. The summed E-state index contributed by atoms with van der Waals surface area (Å²) in [5.74, 6) is -0.317. The maximum absolute atomic E-state index is 10.5. The molecular weight excluding hydrogens is 116 g/mol. The second kappa shape index (κ2) is 1.57. The van der Waals surface area contributed by atoms with Crippen LogP contribution in [0.5, 0.6) is 0 Å². The van der Waals surface area contributed by atoms with E-state index in [1.54, 1.807) is 6.08 Å². The van der Waals surface area contributed by atoms with Crippen LogP contribution in [0.15, 0.2) is 12.7 Å². The molecular formula is C6H10N2O. The van der Waals surface area contributed by atoms with Crippen LogP contribution in [0.3, 0.4) is 0 Å². The van der Waals surface area contributed by atoms with Gasteiger partial charge in [-0.1, -0.05) is 6.08 Å². The molecule has 0 bridgehead atoms. The SMILES string of the molecule is C=C[C@@H]1C[C@]1(N)C(N)=O. The Bertz CT molecular complexity index is 166. The van der Waals surface area contributed by atoms with E-state index in [-0.39, 0.29) is 5.92 Å². The van der Waals surface area contributed by atoms with Gasteiger partial charge in [-0.3, -0.25) is 4.79 Å². The van der Waals surface area contributed by atoms with Gasteiger partial charge in [0.2, 0.25) is 5.91 Å². The molecule has 0 aromatic heterocycles. The van der Waals surface area contributed by atoms with Crippen molar-refractivity contribution >= 4 is 5.91 Å². The molecule has 0 unspecified atom stereocenters. The van der Waals surface area contributed by atoms with E-state index in [0.29, 0.717) is 6.42 Å². The average Bonchev–Trinajstić information content (AvgIpc) is 2.44. The first-order chi connectivity index (χ1) is 4.11. The summed E-state index contributed by atoms with van der Waals surface area (Å²) in [5.41, 5.74) is 9.72. The van der Waals surface area contributed by atoms with Gasteiger partial charge in [-0.2, -0.15) is 0 Å². The van der Waals surface area contributed by atoms with Gasteiger partial charge >= 0.3 is 0 Å². The summed E-state index contributed by atoms with van der Waals surface area (Å²) in [7, 11) is 0. The van der Waals surface area contributed by atoms with E-state index >= 15 is 0 Å². The number of hydrogen-bond donors (Lipinski definition) is 2. The summed E-state index contributed by atoms with van der Waals surface area (Å²) in [4.78, 5) is 10.5. The smallest absolute Gasteiger partial charge is 0.238 e. The number of hydrogen-bond acceptors (Lipinski definition) is 2. The molecule has 0 spiro atoms. The van der Waals surface area contributed by atoms with E-state index in [2.05, 4.69) is 6.58 Å². The zero-order chi connectivity index (χ0) is 7.07. The van der Waals surface area contributed by atoms with Crippen molar-refractivity contribution in [2.24, 2.45) is 17.4 Å². The molecule has 2 atom stereocenters. The van der Waals surface area contributed by atoms with Gasteiger partial charge in [0.1, 0.15) is 5.54 Å². The Labute approximate surface area is 53.7 Å². The highest BCUT2D eigenvalue weighted by atomic mass is 16.1. The molecule has 0 heterocycles. The molecule has 1 saturated carbocycles. The summed E-state index contributed by atoms with van der Waals surface area (Å²) in [6.07, 6.45) is 2.33. The third kappa shape index (κ3) is 0.733. The predicted octanol–water partition coefficient (Wildman–Crippen LogP) is -0.625. The molecule has 0 aromatic carbocycles. The number of primary amides is 1. The van der Waals surface area contributed by atoms with E-state index in [1.807, 2.05) is 0 Å². The van der Waals surface area contributed by atoms with Gasteiger partial charge < -0.3 is 11.5 Å². The van der Waals surface area contributed by atoms with Gasteiger partial charge in [-0.15, -0.1) is 6.58 Å². The summed E-state index contributed by atoms with van der Waals surface area (Å²) in [5, 5.41) is 0. The van der Waals surface area contributed by atoms with Gasteiger partial charge in [-0.25, -0.2) is 0 Å². The first kappa shape index (κ1) is 6.29. The zero-order valence-corrected chi connectivity index (χ0v) is 5.13. The first-order valence-corrected chi connectivity index (χ1v) is 2.82. The van der Waals surface area contributed by atoms with Crippen LogP contribution in [-0.2, 0) is 4.79 Å². The second-order valence-electron chi connectivity index (χ2n) is 2.45. The van der Waals surface area contributed by atoms with Crippen LogP contribution >= 0.6 is 0 Å². The number of rotatable bonds is 2. The van der Waals surface area contributed by atoms with E-state index in [9.17, 15) is 4.79 Å². The van der Waals surface area contributed by atoms with Crippen LogP contribution in [0.2, 0.25) is 0 Å². The molecule has 9 heavy (non-hydrogen) atoms. The Morgan fingerprint density at radius 3 is 2.56 bits per heavy atom. The van der Waals surface area contributed by atoms with Crippen molar-refractivity contribution < 1.29 is 4.79 Å². The van der Waals surface area contributed by atoms with Crippen molar-refractivity contribution in [3.63, 3.8) is 0 Å². The minimum Gasteiger partial charge on any atom is -0.368 e. The number of carbonyl (C=O) groups is 1. The molecule has 0 aromatic rings. The fourth-order valence-electron chi connectivity index (χ4n) is 0.882. The van der Waals surface area contributed by atoms with Gasteiger partial charge in [0.15, 0.2) is 0 Å². The third-order valence-electron chi connectivity index (χ3n) is 1.80. The lowest BCUT2D eigenvalue weighted by molar-refractivity contribution is -0.120. The summed E-state index contributed by atoms with van der Waals surface area (Å²) >= 11 is 0. The van der Waals surface area contributed by atoms with Crippen LogP contribution in [0, 0.1) is 5.92 Å². The standard InChI is InChI=1S/C6H10N2O/c1-2-4-3-6(4,8)5(7)9/h2,4H,1,3,8H2,(H2,7,9)/t4-,6-/m1/s1. The minimum absolute atomic E-state index is 0.106. The normalized spacial score (nSPS) is 39.9.